The summed E-state index contributed by atoms with van der Waals surface area (Å²) in [6.45, 7) is 3.43. The Kier molecular flexibility index (Phi) is 8.93. The summed E-state index contributed by atoms with van der Waals surface area (Å²) >= 11 is 0. The van der Waals surface area contributed by atoms with Gasteiger partial charge in [0.25, 0.3) is 0 Å². The van der Waals surface area contributed by atoms with Gasteiger partial charge in [0.1, 0.15) is 0 Å². The van der Waals surface area contributed by atoms with E-state index in [0.717, 1.165) is 38.5 Å². The Morgan fingerprint density at radius 3 is 1.60 bits per heavy atom. The summed E-state index contributed by atoms with van der Waals surface area (Å²) < 4.78 is 0. The van der Waals surface area contributed by atoms with Gasteiger partial charge in [-0.1, -0.05) is 38.7 Å². The van der Waals surface area contributed by atoms with E-state index in [9.17, 15) is 4.79 Å². The predicted molar refractivity (Wildman–Crippen MR) is 61.0 cm³/mol. The molecule has 88 valence electrons. The first-order chi connectivity index (χ1) is 7.13. The van der Waals surface area contributed by atoms with Gasteiger partial charge in [-0.05, 0) is 12.8 Å². The van der Waals surface area contributed by atoms with Gasteiger partial charge in [-0.2, -0.15) is 0 Å². The summed E-state index contributed by atoms with van der Waals surface area (Å²) in [6.07, 6.45) is 8.39. The number of hydrogen-bond acceptors (Lipinski definition) is 2. The Morgan fingerprint density at radius 2 is 1.20 bits per heavy atom. The zero-order chi connectivity index (χ0) is 11.5. The zero-order valence-electron chi connectivity index (χ0n) is 9.37. The smallest absolute Gasteiger partial charge is 0.303 e. The summed E-state index contributed by atoms with van der Waals surface area (Å²) in [4.78, 5) is 10.2. The quantitative estimate of drug-likeness (QED) is 0.431. The van der Waals surface area contributed by atoms with Crippen molar-refractivity contribution in [2.24, 2.45) is 0 Å². The van der Waals surface area contributed by atoms with Gasteiger partial charge in [-0.3, -0.25) is 4.79 Å². The van der Waals surface area contributed by atoms with Crippen LogP contribution in [-0.4, -0.2) is 16.2 Å². The molecule has 0 radical (unpaired) electrons. The first kappa shape index (κ1) is 14.0. The first-order valence-corrected chi connectivity index (χ1v) is 5.71. The van der Waals surface area contributed by atoms with E-state index < -0.39 is 5.97 Å². The van der Waals surface area contributed by atoms with Crippen molar-refractivity contribution in [3.63, 3.8) is 0 Å². The van der Waals surface area contributed by atoms with Crippen LogP contribution in [0.5, 0.6) is 0 Å². The fourth-order valence-corrected chi connectivity index (χ4v) is 1.49. The number of carboxylic acids is 1. The Balaban J connectivity index is 2.99. The Bertz CT molecular complexity index is 167. The van der Waals surface area contributed by atoms with Crippen LogP contribution in [0.15, 0.2) is 12.3 Å². The highest BCUT2D eigenvalue weighted by Gasteiger charge is 1.96. The molecule has 0 aliphatic carbocycles. The standard InChI is InChI=1S/C12H22O3/c1-11(13)9-7-5-3-2-4-6-8-10-12(14)15/h13H,1-10H2,(H,14,15). The number of aliphatic hydroxyl groups excluding tert-OH is 1. The van der Waals surface area contributed by atoms with E-state index in [4.69, 9.17) is 10.2 Å². The third-order valence-electron chi connectivity index (χ3n) is 2.36. The summed E-state index contributed by atoms with van der Waals surface area (Å²) in [5.41, 5.74) is 0. The molecule has 0 aromatic heterocycles. The van der Waals surface area contributed by atoms with E-state index in [1.807, 2.05) is 0 Å². The molecule has 0 fully saturated rings. The molecule has 0 saturated heterocycles. The van der Waals surface area contributed by atoms with Crippen molar-refractivity contribution < 1.29 is 15.0 Å². The molecule has 0 aliphatic heterocycles. The van der Waals surface area contributed by atoms with Crippen molar-refractivity contribution in [1.82, 2.24) is 0 Å². The van der Waals surface area contributed by atoms with E-state index in [2.05, 4.69) is 6.58 Å². The highest BCUT2D eigenvalue weighted by molar-refractivity contribution is 5.66. The van der Waals surface area contributed by atoms with Crippen molar-refractivity contribution in [2.45, 2.75) is 57.8 Å². The molecule has 0 saturated carbocycles. The summed E-state index contributed by atoms with van der Waals surface area (Å²) in [6, 6.07) is 0. The fourth-order valence-electron chi connectivity index (χ4n) is 1.49. The number of allylic oxidation sites excluding steroid dienone is 1. The molecule has 0 atom stereocenters. The van der Waals surface area contributed by atoms with Crippen molar-refractivity contribution in [3.05, 3.63) is 12.3 Å². The van der Waals surface area contributed by atoms with Crippen LogP contribution in [0.3, 0.4) is 0 Å². The lowest BCUT2D eigenvalue weighted by atomic mass is 10.1. The van der Waals surface area contributed by atoms with E-state index in [-0.39, 0.29) is 5.76 Å². The minimum absolute atomic E-state index is 0.274. The number of carboxylic acid groups (broad SMARTS) is 1. The van der Waals surface area contributed by atoms with E-state index >= 15 is 0 Å². The number of carbonyl (C=O) groups is 1. The average molecular weight is 214 g/mol. The van der Waals surface area contributed by atoms with Crippen molar-refractivity contribution in [1.29, 1.82) is 0 Å². The van der Waals surface area contributed by atoms with Gasteiger partial charge in [0.2, 0.25) is 0 Å². The third kappa shape index (κ3) is 13.0. The second-order valence-corrected chi connectivity index (χ2v) is 3.93. The molecular formula is C12H22O3. The maximum absolute atomic E-state index is 10.2. The van der Waals surface area contributed by atoms with Crippen LogP contribution in [0.2, 0.25) is 0 Å². The van der Waals surface area contributed by atoms with Gasteiger partial charge in [0, 0.05) is 12.8 Å². The topological polar surface area (TPSA) is 57.5 Å². The molecule has 2 N–H and O–H groups in total. The molecule has 3 heteroatoms. The molecule has 0 aromatic rings. The number of hydrogen-bond donors (Lipinski definition) is 2. The lowest BCUT2D eigenvalue weighted by Crippen LogP contribution is -1.93. The van der Waals surface area contributed by atoms with E-state index in [1.54, 1.807) is 0 Å². The van der Waals surface area contributed by atoms with Gasteiger partial charge < -0.3 is 10.2 Å². The monoisotopic (exact) mass is 214 g/mol. The molecule has 0 heterocycles. The van der Waals surface area contributed by atoms with Crippen LogP contribution in [0.25, 0.3) is 0 Å². The number of rotatable bonds is 10. The van der Waals surface area contributed by atoms with Crippen LogP contribution in [0.4, 0.5) is 0 Å². The zero-order valence-corrected chi connectivity index (χ0v) is 9.37. The van der Waals surface area contributed by atoms with Gasteiger partial charge in [0.05, 0.1) is 5.76 Å². The molecule has 3 nitrogen and oxygen atoms in total. The minimum Gasteiger partial charge on any atom is -0.513 e. The lowest BCUT2D eigenvalue weighted by Gasteiger charge is -2.01. The Morgan fingerprint density at radius 1 is 0.800 bits per heavy atom. The van der Waals surface area contributed by atoms with Gasteiger partial charge in [-0.15, -0.1) is 0 Å². The van der Waals surface area contributed by atoms with Crippen LogP contribution in [-0.2, 0) is 4.79 Å². The number of aliphatic carboxylic acids is 1. The number of unbranched alkanes of at least 4 members (excludes halogenated alkanes) is 6. The highest BCUT2D eigenvalue weighted by atomic mass is 16.4. The van der Waals surface area contributed by atoms with Crippen molar-refractivity contribution >= 4 is 5.97 Å². The van der Waals surface area contributed by atoms with Crippen LogP contribution >= 0.6 is 0 Å². The predicted octanol–water partition coefficient (Wildman–Crippen LogP) is 3.65. The summed E-state index contributed by atoms with van der Waals surface area (Å²) in [5.74, 6) is -0.423. The average Bonchev–Trinajstić information content (AvgIpc) is 2.14. The van der Waals surface area contributed by atoms with Crippen LogP contribution < -0.4 is 0 Å². The molecule has 0 spiro atoms. The molecule has 15 heavy (non-hydrogen) atoms. The maximum atomic E-state index is 10.2. The SMILES string of the molecule is C=C(O)CCCCCCCCCC(=O)O. The molecule has 0 bridgehead atoms. The second kappa shape index (κ2) is 9.56. The van der Waals surface area contributed by atoms with Crippen LogP contribution in [0, 0.1) is 0 Å². The van der Waals surface area contributed by atoms with Gasteiger partial charge in [-0.25, -0.2) is 0 Å². The minimum atomic E-state index is -0.698. The molecule has 0 unspecified atom stereocenters. The highest BCUT2D eigenvalue weighted by Crippen LogP contribution is 2.10. The molecule has 0 aromatic carbocycles. The second-order valence-electron chi connectivity index (χ2n) is 3.93. The first-order valence-electron chi connectivity index (χ1n) is 5.71. The molecule has 0 aliphatic rings. The maximum Gasteiger partial charge on any atom is 0.303 e. The van der Waals surface area contributed by atoms with E-state index in [1.165, 1.54) is 6.42 Å². The van der Waals surface area contributed by atoms with Gasteiger partial charge in [0.15, 0.2) is 0 Å². The summed E-state index contributed by atoms with van der Waals surface area (Å²) in [7, 11) is 0. The van der Waals surface area contributed by atoms with Crippen molar-refractivity contribution in [3.8, 4) is 0 Å². The molecule has 0 amide bonds. The molecular weight excluding hydrogens is 192 g/mol. The summed E-state index contributed by atoms with van der Waals surface area (Å²) in [5, 5.41) is 17.2. The third-order valence-corrected chi connectivity index (χ3v) is 2.36. The fraction of sp³-hybridized carbons (Fsp3) is 0.750. The van der Waals surface area contributed by atoms with E-state index in [0.29, 0.717) is 12.8 Å². The van der Waals surface area contributed by atoms with Crippen molar-refractivity contribution in [2.75, 3.05) is 0 Å². The molecule has 0 rings (SSSR count). The largest absolute Gasteiger partial charge is 0.513 e. The Hall–Kier alpha value is -0.990. The Labute approximate surface area is 91.8 Å². The van der Waals surface area contributed by atoms with Crippen LogP contribution in [0.1, 0.15) is 57.8 Å². The normalized spacial score (nSPS) is 10.1. The lowest BCUT2D eigenvalue weighted by molar-refractivity contribution is -0.137. The number of aliphatic hydroxyl groups is 1. The van der Waals surface area contributed by atoms with Gasteiger partial charge >= 0.3 is 5.97 Å².